The molecule has 18 heavy (non-hydrogen) atoms. The molecule has 0 N–H and O–H groups in total. The molecule has 0 saturated carbocycles. The first kappa shape index (κ1) is 11.2. The van der Waals surface area contributed by atoms with Gasteiger partial charge in [-0.1, -0.05) is 0 Å². The number of hydrogen-bond donors (Lipinski definition) is 0. The third-order valence-corrected chi connectivity index (χ3v) is 3.16. The fourth-order valence-electron chi connectivity index (χ4n) is 2.18. The zero-order chi connectivity index (χ0) is 12.4. The van der Waals surface area contributed by atoms with Crippen LogP contribution < -0.4 is 14.2 Å². The van der Waals surface area contributed by atoms with Crippen LogP contribution in [0.5, 0.6) is 17.2 Å². The summed E-state index contributed by atoms with van der Waals surface area (Å²) < 4.78 is 15.8. The van der Waals surface area contributed by atoms with E-state index in [1.165, 1.54) is 6.42 Å². The standard InChI is InChI=1S/C13H15NO4/c15-13(14-6-2-1-3-7-14)18-10-4-5-11-12(8-10)17-9-16-11/h4-5,8H,1-3,6-7,9H2. The Balaban J connectivity index is 1.66. The Hall–Kier alpha value is -1.91. The first-order valence-electron chi connectivity index (χ1n) is 6.19. The maximum absolute atomic E-state index is 11.9. The molecule has 2 aliphatic heterocycles. The topological polar surface area (TPSA) is 48.0 Å². The zero-order valence-corrected chi connectivity index (χ0v) is 10.1. The number of fused-ring (bicyclic) bond motifs is 1. The van der Waals surface area contributed by atoms with E-state index in [-0.39, 0.29) is 12.9 Å². The second-order valence-corrected chi connectivity index (χ2v) is 4.43. The number of carbonyl (C=O) groups is 1. The number of ether oxygens (including phenoxy) is 3. The first-order chi connectivity index (χ1) is 8.83. The van der Waals surface area contributed by atoms with Crippen molar-refractivity contribution < 1.29 is 19.0 Å². The molecule has 3 rings (SSSR count). The molecule has 2 heterocycles. The van der Waals surface area contributed by atoms with E-state index in [9.17, 15) is 4.79 Å². The minimum atomic E-state index is -0.284. The Morgan fingerprint density at radius 3 is 2.72 bits per heavy atom. The van der Waals surface area contributed by atoms with Gasteiger partial charge in [-0.3, -0.25) is 0 Å². The lowest BCUT2D eigenvalue weighted by atomic mass is 10.1. The lowest BCUT2D eigenvalue weighted by Crippen LogP contribution is -2.37. The van der Waals surface area contributed by atoms with E-state index in [1.807, 2.05) is 0 Å². The van der Waals surface area contributed by atoms with E-state index < -0.39 is 0 Å². The van der Waals surface area contributed by atoms with Gasteiger partial charge in [-0.05, 0) is 31.4 Å². The number of likely N-dealkylation sites (tertiary alicyclic amines) is 1. The van der Waals surface area contributed by atoms with E-state index in [0.29, 0.717) is 17.2 Å². The minimum absolute atomic E-state index is 0.221. The fraction of sp³-hybridized carbons (Fsp3) is 0.462. The molecule has 0 atom stereocenters. The third kappa shape index (κ3) is 2.20. The maximum atomic E-state index is 11.9. The van der Waals surface area contributed by atoms with Crippen LogP contribution in [0.3, 0.4) is 0 Å². The Morgan fingerprint density at radius 2 is 1.89 bits per heavy atom. The van der Waals surface area contributed by atoms with Gasteiger partial charge in [0, 0.05) is 19.2 Å². The fourth-order valence-corrected chi connectivity index (χ4v) is 2.18. The SMILES string of the molecule is O=C(Oc1ccc2c(c1)OCO2)N1CCCCC1. The zero-order valence-electron chi connectivity index (χ0n) is 10.1. The van der Waals surface area contributed by atoms with Crippen molar-refractivity contribution in [1.29, 1.82) is 0 Å². The predicted octanol–water partition coefficient (Wildman–Crippen LogP) is 2.40. The van der Waals surface area contributed by atoms with Crippen LogP contribution in [0.15, 0.2) is 18.2 Å². The second kappa shape index (κ2) is 4.76. The van der Waals surface area contributed by atoms with Gasteiger partial charge < -0.3 is 19.1 Å². The van der Waals surface area contributed by atoms with Gasteiger partial charge in [-0.2, -0.15) is 0 Å². The van der Waals surface area contributed by atoms with Gasteiger partial charge in [0.2, 0.25) is 6.79 Å². The quantitative estimate of drug-likeness (QED) is 0.766. The first-order valence-corrected chi connectivity index (χ1v) is 6.19. The van der Waals surface area contributed by atoms with E-state index in [2.05, 4.69) is 0 Å². The Labute approximate surface area is 105 Å². The molecule has 1 aromatic carbocycles. The number of piperidine rings is 1. The van der Waals surface area contributed by atoms with Crippen molar-refractivity contribution in [3.05, 3.63) is 18.2 Å². The highest BCUT2D eigenvalue weighted by Crippen LogP contribution is 2.35. The molecular formula is C13H15NO4. The maximum Gasteiger partial charge on any atom is 0.415 e. The molecule has 5 heteroatoms. The van der Waals surface area contributed by atoms with Crippen molar-refractivity contribution in [3.63, 3.8) is 0 Å². The molecule has 1 fully saturated rings. The van der Waals surface area contributed by atoms with Gasteiger partial charge in [-0.25, -0.2) is 4.79 Å². The van der Waals surface area contributed by atoms with Crippen LogP contribution in [0.25, 0.3) is 0 Å². The van der Waals surface area contributed by atoms with Crippen LogP contribution in [-0.4, -0.2) is 30.9 Å². The summed E-state index contributed by atoms with van der Waals surface area (Å²) >= 11 is 0. The van der Waals surface area contributed by atoms with Crippen LogP contribution in [0, 0.1) is 0 Å². The van der Waals surface area contributed by atoms with Gasteiger partial charge in [0.25, 0.3) is 0 Å². The van der Waals surface area contributed by atoms with Crippen LogP contribution in [0.2, 0.25) is 0 Å². The van der Waals surface area contributed by atoms with Crippen LogP contribution >= 0.6 is 0 Å². The summed E-state index contributed by atoms with van der Waals surface area (Å²) in [5.74, 6) is 1.81. The monoisotopic (exact) mass is 249 g/mol. The molecule has 1 saturated heterocycles. The molecule has 1 amide bonds. The van der Waals surface area contributed by atoms with Crippen molar-refractivity contribution in [2.45, 2.75) is 19.3 Å². The number of carbonyl (C=O) groups excluding carboxylic acids is 1. The van der Waals surface area contributed by atoms with Gasteiger partial charge in [0.05, 0.1) is 0 Å². The van der Waals surface area contributed by atoms with Crippen molar-refractivity contribution >= 4 is 6.09 Å². The summed E-state index contributed by atoms with van der Waals surface area (Å²) in [4.78, 5) is 13.6. The van der Waals surface area contributed by atoms with E-state index in [4.69, 9.17) is 14.2 Å². The molecule has 5 nitrogen and oxygen atoms in total. The average Bonchev–Trinajstić information content (AvgIpc) is 2.87. The Bertz CT molecular complexity index is 454. The highest BCUT2D eigenvalue weighted by molar-refractivity contribution is 5.71. The Kier molecular flexibility index (Phi) is 2.96. The van der Waals surface area contributed by atoms with Crippen molar-refractivity contribution in [2.75, 3.05) is 19.9 Å². The smallest absolute Gasteiger partial charge is 0.415 e. The predicted molar refractivity (Wildman–Crippen MR) is 64.0 cm³/mol. The van der Waals surface area contributed by atoms with Gasteiger partial charge in [0.15, 0.2) is 11.5 Å². The summed E-state index contributed by atoms with van der Waals surface area (Å²) in [6.45, 7) is 1.78. The average molecular weight is 249 g/mol. The molecule has 0 bridgehead atoms. The van der Waals surface area contributed by atoms with E-state index in [1.54, 1.807) is 23.1 Å². The third-order valence-electron chi connectivity index (χ3n) is 3.16. The molecule has 1 aromatic rings. The van der Waals surface area contributed by atoms with Crippen LogP contribution in [0.1, 0.15) is 19.3 Å². The highest BCUT2D eigenvalue weighted by Gasteiger charge is 2.20. The lowest BCUT2D eigenvalue weighted by Gasteiger charge is -2.25. The molecule has 0 aromatic heterocycles. The molecule has 0 radical (unpaired) electrons. The molecule has 0 aliphatic carbocycles. The molecule has 0 unspecified atom stereocenters. The van der Waals surface area contributed by atoms with Crippen molar-refractivity contribution in [2.24, 2.45) is 0 Å². The number of rotatable bonds is 1. The summed E-state index contributed by atoms with van der Waals surface area (Å²) in [6, 6.07) is 5.15. The lowest BCUT2D eigenvalue weighted by molar-refractivity contribution is 0.142. The molecule has 0 spiro atoms. The van der Waals surface area contributed by atoms with Crippen molar-refractivity contribution in [3.8, 4) is 17.2 Å². The van der Waals surface area contributed by atoms with E-state index >= 15 is 0 Å². The summed E-state index contributed by atoms with van der Waals surface area (Å²) in [5.41, 5.74) is 0. The van der Waals surface area contributed by atoms with Crippen molar-refractivity contribution in [1.82, 2.24) is 4.90 Å². The van der Waals surface area contributed by atoms with Gasteiger partial charge >= 0.3 is 6.09 Å². The summed E-state index contributed by atoms with van der Waals surface area (Å²) in [5, 5.41) is 0. The normalized spacial score (nSPS) is 17.7. The molecule has 96 valence electrons. The van der Waals surface area contributed by atoms with Gasteiger partial charge in [0.1, 0.15) is 5.75 Å². The van der Waals surface area contributed by atoms with E-state index in [0.717, 1.165) is 25.9 Å². The van der Waals surface area contributed by atoms with Crippen LogP contribution in [0.4, 0.5) is 4.79 Å². The highest BCUT2D eigenvalue weighted by atomic mass is 16.7. The Morgan fingerprint density at radius 1 is 1.11 bits per heavy atom. The minimum Gasteiger partial charge on any atom is -0.454 e. The number of benzene rings is 1. The number of nitrogens with zero attached hydrogens (tertiary/aromatic N) is 1. The summed E-state index contributed by atoms with van der Waals surface area (Å²) in [6.07, 6.45) is 3.01. The number of amides is 1. The summed E-state index contributed by atoms with van der Waals surface area (Å²) in [7, 11) is 0. The molecule has 2 aliphatic rings. The molecular weight excluding hydrogens is 234 g/mol. The van der Waals surface area contributed by atoms with Gasteiger partial charge in [-0.15, -0.1) is 0 Å². The number of hydrogen-bond acceptors (Lipinski definition) is 4. The second-order valence-electron chi connectivity index (χ2n) is 4.43. The largest absolute Gasteiger partial charge is 0.454 e. The van der Waals surface area contributed by atoms with Crippen LogP contribution in [-0.2, 0) is 0 Å².